The number of likely N-dealkylation sites (N-methyl/N-ethyl adjacent to an activating group) is 1. The highest BCUT2D eigenvalue weighted by molar-refractivity contribution is 5.90. The molecule has 6 N–H and O–H groups in total. The quantitative estimate of drug-likeness (QED) is 0.317. The number of carbonyl (C=O) groups is 2. The van der Waals surface area contributed by atoms with Crippen LogP contribution in [0.4, 0.5) is 14.9 Å². The van der Waals surface area contributed by atoms with Gasteiger partial charge in [-0.1, -0.05) is 38.1 Å². The van der Waals surface area contributed by atoms with Gasteiger partial charge in [0.1, 0.15) is 11.9 Å². The second-order valence-corrected chi connectivity index (χ2v) is 7.92. The molecule has 0 spiro atoms. The lowest BCUT2D eigenvalue weighted by Gasteiger charge is -2.18. The van der Waals surface area contributed by atoms with E-state index < -0.39 is 18.0 Å². The molecule has 1 heterocycles. The molecule has 1 aliphatic heterocycles. The molecule has 10 heteroatoms. The number of hydrazine groups is 1. The van der Waals surface area contributed by atoms with E-state index in [1.807, 2.05) is 50.1 Å². The second kappa shape index (κ2) is 13.3. The summed E-state index contributed by atoms with van der Waals surface area (Å²) in [5.74, 6) is 4.76. The molecule has 0 aromatic heterocycles. The number of ether oxygens (including phenoxy) is 1. The molecule has 9 nitrogen and oxygen atoms in total. The van der Waals surface area contributed by atoms with Gasteiger partial charge in [-0.2, -0.15) is 0 Å². The number of anilines is 1. The van der Waals surface area contributed by atoms with Crippen LogP contribution in [0, 0.1) is 5.82 Å². The van der Waals surface area contributed by atoms with E-state index in [0.29, 0.717) is 30.0 Å². The van der Waals surface area contributed by atoms with E-state index in [1.54, 1.807) is 12.1 Å². The summed E-state index contributed by atoms with van der Waals surface area (Å²) >= 11 is 0. The predicted octanol–water partition coefficient (Wildman–Crippen LogP) is 2.68. The zero-order valence-electron chi connectivity index (χ0n) is 20.7. The second-order valence-electron chi connectivity index (χ2n) is 7.92. The van der Waals surface area contributed by atoms with Gasteiger partial charge < -0.3 is 21.2 Å². The minimum Gasteiger partial charge on any atom is -0.442 e. The largest absolute Gasteiger partial charge is 0.442 e. The third-order valence-electron chi connectivity index (χ3n) is 5.26. The van der Waals surface area contributed by atoms with Gasteiger partial charge in [0.2, 0.25) is 5.91 Å². The minimum absolute atomic E-state index is 0.206. The highest BCUT2D eigenvalue weighted by Crippen LogP contribution is 2.29. The molecule has 1 atom stereocenters. The summed E-state index contributed by atoms with van der Waals surface area (Å²) in [6.45, 7) is 7.07. The summed E-state index contributed by atoms with van der Waals surface area (Å²) in [5, 5.41) is 2.62. The van der Waals surface area contributed by atoms with Crippen LogP contribution in [-0.4, -0.2) is 49.7 Å². The van der Waals surface area contributed by atoms with Crippen LogP contribution < -0.4 is 27.2 Å². The summed E-state index contributed by atoms with van der Waals surface area (Å²) in [6, 6.07) is 12.2. The summed E-state index contributed by atoms with van der Waals surface area (Å²) in [4.78, 5) is 26.6. The molecule has 0 aliphatic carbocycles. The number of cyclic esters (lactones) is 1. The minimum atomic E-state index is -0.566. The molecule has 0 radical (unpaired) electrons. The van der Waals surface area contributed by atoms with Crippen molar-refractivity contribution in [3.63, 3.8) is 0 Å². The van der Waals surface area contributed by atoms with E-state index in [4.69, 9.17) is 16.3 Å². The molecule has 2 aromatic carbocycles. The van der Waals surface area contributed by atoms with Crippen molar-refractivity contribution < 1.29 is 18.7 Å². The standard InChI is InChI=1S/C23H29FN6O3.C2H6/c1-15(31)27-11-20-14-30(23(32)33-20)19-7-8-21(22(24)9-19)17-5-3-16(4-6-17)12-29(2)13-18(10-25)28-26;1-2/h3-10,20,28H,11-14,25-26H2,1-2H3,(H,27,31);1-2H3/b18-10-;. The fourth-order valence-electron chi connectivity index (χ4n) is 3.60. The number of benzene rings is 2. The van der Waals surface area contributed by atoms with Crippen LogP contribution in [0.2, 0.25) is 0 Å². The van der Waals surface area contributed by atoms with Crippen LogP contribution in [0.1, 0.15) is 26.3 Å². The average Bonchev–Trinajstić information content (AvgIpc) is 3.23. The lowest BCUT2D eigenvalue weighted by molar-refractivity contribution is -0.119. The SMILES string of the molecule is CC.CC(=O)NCC1CN(c2ccc(-c3ccc(CN(C)C/C(=C/N)NN)cc3)c(F)c2)C(=O)O1. The monoisotopic (exact) mass is 486 g/mol. The number of nitrogens with one attached hydrogen (secondary N) is 2. The molecule has 1 saturated heterocycles. The summed E-state index contributed by atoms with van der Waals surface area (Å²) in [5.41, 5.74) is 11.4. The number of nitrogens with zero attached hydrogens (tertiary/aromatic N) is 2. The summed E-state index contributed by atoms with van der Waals surface area (Å²) in [6.07, 6.45) is 0.382. The van der Waals surface area contributed by atoms with Crippen LogP contribution in [0.5, 0.6) is 0 Å². The Labute approximate surface area is 205 Å². The number of carbonyl (C=O) groups excluding carboxylic acids is 2. The summed E-state index contributed by atoms with van der Waals surface area (Å²) in [7, 11) is 1.94. The molecule has 35 heavy (non-hydrogen) atoms. The van der Waals surface area contributed by atoms with Gasteiger partial charge in [-0.15, -0.1) is 0 Å². The molecule has 3 rings (SSSR count). The molecular weight excluding hydrogens is 451 g/mol. The third-order valence-corrected chi connectivity index (χ3v) is 5.26. The van der Waals surface area contributed by atoms with Crippen molar-refractivity contribution in [3.05, 3.63) is 65.7 Å². The maximum atomic E-state index is 14.9. The van der Waals surface area contributed by atoms with Crippen LogP contribution in [0.3, 0.4) is 0 Å². The Morgan fingerprint density at radius 3 is 2.51 bits per heavy atom. The maximum Gasteiger partial charge on any atom is 0.414 e. The van der Waals surface area contributed by atoms with Gasteiger partial charge >= 0.3 is 6.09 Å². The Bertz CT molecular complexity index is 1030. The van der Waals surface area contributed by atoms with Crippen LogP contribution in [-0.2, 0) is 16.1 Å². The van der Waals surface area contributed by atoms with Gasteiger partial charge in [0.25, 0.3) is 0 Å². The first kappa shape index (κ1) is 27.6. The Morgan fingerprint density at radius 1 is 1.26 bits per heavy atom. The Balaban J connectivity index is 0.00000210. The Hall–Kier alpha value is -3.63. The number of hydrogen-bond acceptors (Lipinski definition) is 7. The number of hydrogen-bond donors (Lipinski definition) is 4. The normalized spacial score (nSPS) is 15.4. The van der Waals surface area contributed by atoms with Crippen molar-refractivity contribution in [2.24, 2.45) is 11.6 Å². The van der Waals surface area contributed by atoms with Gasteiger partial charge in [0.05, 0.1) is 24.5 Å². The van der Waals surface area contributed by atoms with Crippen LogP contribution >= 0.6 is 0 Å². The fourth-order valence-corrected chi connectivity index (χ4v) is 3.60. The highest BCUT2D eigenvalue weighted by atomic mass is 19.1. The third kappa shape index (κ3) is 7.69. The Morgan fingerprint density at radius 2 is 1.94 bits per heavy atom. The van der Waals surface area contributed by atoms with E-state index in [-0.39, 0.29) is 19.0 Å². The topological polar surface area (TPSA) is 126 Å². The van der Waals surface area contributed by atoms with Crippen molar-refractivity contribution >= 4 is 17.7 Å². The zero-order valence-corrected chi connectivity index (χ0v) is 20.7. The Kier molecular flexibility index (Phi) is 10.5. The van der Waals surface area contributed by atoms with Crippen molar-refractivity contribution in [1.29, 1.82) is 0 Å². The predicted molar refractivity (Wildman–Crippen MR) is 135 cm³/mol. The van der Waals surface area contributed by atoms with Gasteiger partial charge in [-0.25, -0.2) is 9.18 Å². The molecule has 190 valence electrons. The maximum absolute atomic E-state index is 14.9. The van der Waals surface area contributed by atoms with Gasteiger partial charge in [0, 0.05) is 31.8 Å². The number of amides is 2. The number of halogens is 1. The average molecular weight is 487 g/mol. The fraction of sp³-hybridized carbons (Fsp3) is 0.360. The van der Waals surface area contributed by atoms with Crippen LogP contribution in [0.25, 0.3) is 11.1 Å². The molecule has 0 saturated carbocycles. The lowest BCUT2D eigenvalue weighted by atomic mass is 10.0. The van der Waals surface area contributed by atoms with E-state index >= 15 is 0 Å². The molecule has 1 unspecified atom stereocenters. The van der Waals surface area contributed by atoms with E-state index in [1.165, 1.54) is 24.1 Å². The first-order valence-corrected chi connectivity index (χ1v) is 11.5. The van der Waals surface area contributed by atoms with Crippen molar-refractivity contribution in [2.45, 2.75) is 33.4 Å². The van der Waals surface area contributed by atoms with Gasteiger partial charge in [0.15, 0.2) is 0 Å². The molecule has 1 fully saturated rings. The molecular formula is C25H35FN6O3. The molecule has 0 bridgehead atoms. The number of rotatable bonds is 9. The molecule has 2 amide bonds. The zero-order chi connectivity index (χ0) is 26.0. The molecule has 2 aromatic rings. The number of nitrogens with two attached hydrogens (primary N) is 2. The van der Waals surface area contributed by atoms with Crippen molar-refractivity contribution in [3.8, 4) is 11.1 Å². The van der Waals surface area contributed by atoms with E-state index in [2.05, 4.69) is 10.7 Å². The van der Waals surface area contributed by atoms with Crippen molar-refractivity contribution in [1.82, 2.24) is 15.6 Å². The smallest absolute Gasteiger partial charge is 0.414 e. The first-order chi connectivity index (χ1) is 16.8. The van der Waals surface area contributed by atoms with Crippen LogP contribution in [0.15, 0.2) is 54.4 Å². The lowest BCUT2D eigenvalue weighted by Crippen LogP contribution is -2.33. The van der Waals surface area contributed by atoms with Crippen molar-refractivity contribution in [2.75, 3.05) is 31.6 Å². The van der Waals surface area contributed by atoms with E-state index in [9.17, 15) is 14.0 Å². The highest BCUT2D eigenvalue weighted by Gasteiger charge is 2.32. The molecule has 1 aliphatic rings. The summed E-state index contributed by atoms with van der Waals surface area (Å²) < 4.78 is 20.2. The van der Waals surface area contributed by atoms with E-state index in [0.717, 1.165) is 11.1 Å². The first-order valence-electron chi connectivity index (χ1n) is 11.5. The van der Waals surface area contributed by atoms with Gasteiger partial charge in [-0.3, -0.25) is 20.4 Å². The van der Waals surface area contributed by atoms with Gasteiger partial charge in [-0.05, 0) is 36.4 Å².